The molecule has 162 valence electrons. The van der Waals surface area contributed by atoms with E-state index in [-0.39, 0.29) is 0 Å². The number of benzene rings is 3. The Balaban J connectivity index is 0.000000241. The van der Waals surface area contributed by atoms with E-state index in [1.807, 2.05) is 17.3 Å². The zero-order valence-corrected chi connectivity index (χ0v) is 22.2. The van der Waals surface area contributed by atoms with E-state index in [9.17, 15) is 0 Å². The summed E-state index contributed by atoms with van der Waals surface area (Å²) in [4.78, 5) is 0. The van der Waals surface area contributed by atoms with Crippen LogP contribution in [0.1, 0.15) is 34.6 Å². The van der Waals surface area contributed by atoms with Gasteiger partial charge in [0.1, 0.15) is 0 Å². The Labute approximate surface area is 203 Å². The van der Waals surface area contributed by atoms with Crippen LogP contribution >= 0.6 is 17.6 Å². The molecule has 0 N–H and O–H groups in total. The summed E-state index contributed by atoms with van der Waals surface area (Å²) in [6.07, 6.45) is 0. The van der Waals surface area contributed by atoms with Crippen molar-refractivity contribution < 1.29 is 17.3 Å². The summed E-state index contributed by atoms with van der Waals surface area (Å²) in [7, 11) is 4.12. The molecule has 3 aromatic carbocycles. The predicted octanol–water partition coefficient (Wildman–Crippen LogP) is 7.40. The van der Waals surface area contributed by atoms with Crippen LogP contribution in [0.2, 0.25) is 0 Å². The van der Waals surface area contributed by atoms with E-state index < -0.39 is 7.92 Å². The third-order valence-electron chi connectivity index (χ3n) is 5.86. The fourth-order valence-electron chi connectivity index (χ4n) is 3.58. The summed E-state index contributed by atoms with van der Waals surface area (Å²) in [6.45, 7) is 11.0. The second-order valence-electron chi connectivity index (χ2n) is 7.47. The molecule has 1 aliphatic carbocycles. The second-order valence-corrected chi connectivity index (χ2v) is 9.69. The SMILES string of the molecule is C[C]1C(C)=C(C)C(C)=C1C.[Cl][Ru].c1ccc(P(c2ccccc2)c2ccccc2)cc1. The van der Waals surface area contributed by atoms with E-state index in [4.69, 9.17) is 0 Å². The van der Waals surface area contributed by atoms with E-state index in [1.165, 1.54) is 44.1 Å². The largest absolute Gasteiger partial charge is 0.0622 e. The van der Waals surface area contributed by atoms with Crippen LogP contribution in [-0.2, 0) is 17.3 Å². The van der Waals surface area contributed by atoms with E-state index in [1.54, 1.807) is 0 Å². The van der Waals surface area contributed by atoms with Crippen LogP contribution < -0.4 is 15.9 Å². The predicted molar refractivity (Wildman–Crippen MR) is 137 cm³/mol. The normalized spacial score (nSPS) is 13.5. The van der Waals surface area contributed by atoms with Gasteiger partial charge in [0, 0.05) is 5.92 Å². The molecule has 4 rings (SSSR count). The number of rotatable bonds is 3. The average Bonchev–Trinajstić information content (AvgIpc) is 3.01. The van der Waals surface area contributed by atoms with Gasteiger partial charge in [0.05, 0.1) is 0 Å². The molecule has 1 aliphatic rings. The van der Waals surface area contributed by atoms with Crippen molar-refractivity contribution in [3.63, 3.8) is 0 Å². The molecule has 0 fully saturated rings. The molecule has 0 heterocycles. The van der Waals surface area contributed by atoms with E-state index in [0.29, 0.717) is 0 Å². The summed E-state index contributed by atoms with van der Waals surface area (Å²) < 4.78 is 0. The summed E-state index contributed by atoms with van der Waals surface area (Å²) in [5, 5.41) is 4.19. The molecular weight excluding hydrogens is 504 g/mol. The Kier molecular flexibility index (Phi) is 10.9. The first-order valence-electron chi connectivity index (χ1n) is 10.3. The van der Waals surface area contributed by atoms with Gasteiger partial charge in [-0.2, -0.15) is 0 Å². The van der Waals surface area contributed by atoms with Crippen molar-refractivity contribution >= 4 is 33.5 Å². The number of allylic oxidation sites excluding steroid dienone is 4. The van der Waals surface area contributed by atoms with Crippen LogP contribution in [0.15, 0.2) is 113 Å². The van der Waals surface area contributed by atoms with Crippen LogP contribution in [0.3, 0.4) is 0 Å². The van der Waals surface area contributed by atoms with Crippen molar-refractivity contribution in [2.75, 3.05) is 0 Å². The molecule has 0 nitrogen and oxygen atoms in total. The Hall–Kier alpha value is -1.52. The van der Waals surface area contributed by atoms with E-state index in [0.717, 1.165) is 0 Å². The molecule has 3 heteroatoms. The molecule has 1 radical (unpaired) electrons. The van der Waals surface area contributed by atoms with Crippen molar-refractivity contribution in [2.24, 2.45) is 0 Å². The van der Waals surface area contributed by atoms with Gasteiger partial charge in [-0.05, 0) is 62.7 Å². The zero-order valence-electron chi connectivity index (χ0n) is 18.8. The Morgan fingerprint density at radius 2 is 0.710 bits per heavy atom. The van der Waals surface area contributed by atoms with Gasteiger partial charge in [0.25, 0.3) is 0 Å². The molecule has 0 saturated carbocycles. The fourth-order valence-corrected chi connectivity index (χ4v) is 5.89. The fraction of sp³-hybridized carbons (Fsp3) is 0.179. The summed E-state index contributed by atoms with van der Waals surface area (Å²) >= 11 is 1.82. The smallest absolute Gasteiger partial charge is 0.0134 e. The Morgan fingerprint density at radius 3 is 0.903 bits per heavy atom. The third-order valence-corrected chi connectivity index (χ3v) is 8.30. The van der Waals surface area contributed by atoms with Crippen molar-refractivity contribution in [3.8, 4) is 0 Å². The average molecular weight is 534 g/mol. The van der Waals surface area contributed by atoms with Gasteiger partial charge in [-0.1, -0.05) is 109 Å². The van der Waals surface area contributed by atoms with Gasteiger partial charge in [0.15, 0.2) is 0 Å². The minimum Gasteiger partial charge on any atom is -0.0622 e. The van der Waals surface area contributed by atoms with Crippen molar-refractivity contribution in [3.05, 3.63) is 119 Å². The second kappa shape index (κ2) is 13.1. The minimum atomic E-state index is -0.446. The molecule has 0 aliphatic heterocycles. The van der Waals surface area contributed by atoms with E-state index in [2.05, 4.69) is 135 Å². The van der Waals surface area contributed by atoms with Gasteiger partial charge < -0.3 is 0 Å². The summed E-state index contributed by atoms with van der Waals surface area (Å²) in [5.41, 5.74) is 5.87. The van der Waals surface area contributed by atoms with Gasteiger partial charge in [-0.3, -0.25) is 0 Å². The van der Waals surface area contributed by atoms with Gasteiger partial charge in [-0.15, -0.1) is 0 Å². The van der Waals surface area contributed by atoms with Gasteiger partial charge in [0.2, 0.25) is 0 Å². The molecular formula is C28H30ClPRu. The molecule has 0 saturated heterocycles. The summed E-state index contributed by atoms with van der Waals surface area (Å²) in [5.74, 6) is 1.47. The maximum Gasteiger partial charge on any atom is -0.0134 e. The van der Waals surface area contributed by atoms with Crippen LogP contribution in [0, 0.1) is 5.92 Å². The maximum absolute atomic E-state index is 4.57. The topological polar surface area (TPSA) is 0 Å². The van der Waals surface area contributed by atoms with Gasteiger partial charge >= 0.3 is 27.0 Å². The van der Waals surface area contributed by atoms with Crippen LogP contribution in [0.5, 0.6) is 0 Å². The van der Waals surface area contributed by atoms with Crippen molar-refractivity contribution in [1.82, 2.24) is 0 Å². The molecule has 0 amide bonds. The summed E-state index contributed by atoms with van der Waals surface area (Å²) in [6, 6.07) is 32.3. The molecule has 0 unspecified atom stereocenters. The molecule has 3 aromatic rings. The van der Waals surface area contributed by atoms with Crippen molar-refractivity contribution in [1.29, 1.82) is 0 Å². The standard InChI is InChI=1S/C18H15P.C10H15.ClH.Ru/c1-4-10-16(11-5-1)19(17-12-6-2-7-13-17)18-14-8-3-9-15-18;1-6-7(2)9(4)10(5)8(6)3;;/h1-15H;1-5H3;1H;/q;;;+1/p-1. The zero-order chi connectivity index (χ0) is 22.8. The molecule has 0 atom stereocenters. The Morgan fingerprint density at radius 1 is 0.452 bits per heavy atom. The minimum absolute atomic E-state index is 0.446. The molecule has 31 heavy (non-hydrogen) atoms. The van der Waals surface area contributed by atoms with Crippen LogP contribution in [0.25, 0.3) is 0 Å². The third kappa shape index (κ3) is 6.73. The Bertz CT molecular complexity index is 877. The first-order chi connectivity index (χ1) is 15.0. The van der Waals surface area contributed by atoms with E-state index >= 15 is 0 Å². The van der Waals surface area contributed by atoms with Crippen LogP contribution in [0.4, 0.5) is 0 Å². The quantitative estimate of drug-likeness (QED) is 0.243. The number of hydrogen-bond donors (Lipinski definition) is 0. The van der Waals surface area contributed by atoms with Gasteiger partial charge in [-0.25, -0.2) is 0 Å². The van der Waals surface area contributed by atoms with Crippen LogP contribution in [-0.4, -0.2) is 0 Å². The first kappa shape index (κ1) is 25.7. The molecule has 0 bridgehead atoms. The first-order valence-corrected chi connectivity index (χ1v) is 13.9. The van der Waals surface area contributed by atoms with Crippen molar-refractivity contribution in [2.45, 2.75) is 34.6 Å². The number of halogens is 1. The molecule has 0 aromatic heterocycles. The monoisotopic (exact) mass is 534 g/mol. The maximum atomic E-state index is 4.57. The number of hydrogen-bond acceptors (Lipinski definition) is 0. The molecule has 0 spiro atoms.